The Balaban J connectivity index is 0.000000468. The second-order valence-electron chi connectivity index (χ2n) is 15.6. The number of rotatable bonds is 4. The van der Waals surface area contributed by atoms with Crippen molar-refractivity contribution in [1.29, 1.82) is 0 Å². The van der Waals surface area contributed by atoms with Crippen LogP contribution in [-0.4, -0.2) is 6.88 Å². The molecule has 2 radical (unpaired) electrons. The zero-order valence-corrected chi connectivity index (χ0v) is 38.1. The molecule has 0 saturated heterocycles. The van der Waals surface area contributed by atoms with Gasteiger partial charge in [0.2, 0.25) is 0 Å². The summed E-state index contributed by atoms with van der Waals surface area (Å²) in [4.78, 5) is 0. The molecule has 0 bridgehead atoms. The molecular formula is C48H60Cl2SiZr-4. The zero-order valence-electron chi connectivity index (χ0n) is 33.0. The van der Waals surface area contributed by atoms with Gasteiger partial charge < -0.3 is 14.9 Å². The third-order valence-electron chi connectivity index (χ3n) is 10.2. The van der Waals surface area contributed by atoms with Gasteiger partial charge in [-0.3, -0.25) is 0 Å². The van der Waals surface area contributed by atoms with Gasteiger partial charge in [-0.1, -0.05) is 140 Å². The molecule has 0 atom stereocenters. The second-order valence-corrected chi connectivity index (χ2v) is 15.6. The quantitative estimate of drug-likeness (QED) is 0.123. The normalized spacial score (nSPS) is 12.8. The summed E-state index contributed by atoms with van der Waals surface area (Å²) in [7, 11) is 0. The first-order valence-electron chi connectivity index (χ1n) is 17.9. The van der Waals surface area contributed by atoms with E-state index < -0.39 is 0 Å². The predicted molar refractivity (Wildman–Crippen MR) is 236 cm³/mol. The van der Waals surface area contributed by atoms with Crippen molar-refractivity contribution >= 4 is 53.2 Å². The first-order valence-corrected chi connectivity index (χ1v) is 22.0. The van der Waals surface area contributed by atoms with E-state index in [4.69, 9.17) is 0 Å². The van der Waals surface area contributed by atoms with Gasteiger partial charge in [0.05, 0.1) is 0 Å². The molecule has 0 heterocycles. The molecule has 4 heteroatoms. The van der Waals surface area contributed by atoms with Crippen LogP contribution in [0, 0.1) is 14.9 Å². The van der Waals surface area contributed by atoms with E-state index >= 15 is 0 Å². The summed E-state index contributed by atoms with van der Waals surface area (Å²) in [5, 5.41) is 5.55. The van der Waals surface area contributed by atoms with Crippen LogP contribution in [0.15, 0.2) is 109 Å². The summed E-state index contributed by atoms with van der Waals surface area (Å²) in [5.41, 5.74) is 11.5. The Morgan fingerprint density at radius 1 is 0.596 bits per heavy atom. The molecule has 0 aromatic heterocycles. The number of aryl methyl sites for hydroxylation is 1. The molecule has 1 fully saturated rings. The van der Waals surface area contributed by atoms with Gasteiger partial charge in [-0.05, 0) is 58.3 Å². The fourth-order valence-electron chi connectivity index (χ4n) is 7.23. The van der Waals surface area contributed by atoms with E-state index in [1.807, 2.05) is 0 Å². The standard InChI is InChI=1S/C25H29.C21H23.2CH3.2ClH.Si.Zr/c1-25(2,3)22-14-12-19(13-15-22)23-11-7-10-20-16-21(17-24(20)23)18-8-5-4-6-9-18;1-5-15-13-17-7-6-8-19(20(17)14-15)16-9-11-18(12-10-16)21(2,3)4;;;;;;/h7,10-18H,4-6,8-9H2,1-3H3;6-14H,5H2,1-4H3;2*1H3;2*1H;;/q4*-1;;;;. The molecule has 1 saturated carbocycles. The maximum atomic E-state index is 3.06. The van der Waals surface area contributed by atoms with Crippen LogP contribution in [0.2, 0.25) is 0 Å². The molecule has 6 aromatic rings. The molecule has 1 aliphatic rings. The summed E-state index contributed by atoms with van der Waals surface area (Å²) < 4.78 is 0. The van der Waals surface area contributed by atoms with Gasteiger partial charge in [-0.15, -0.1) is 93.9 Å². The van der Waals surface area contributed by atoms with Crippen LogP contribution in [-0.2, 0) is 40.6 Å². The Morgan fingerprint density at radius 2 is 1.02 bits per heavy atom. The van der Waals surface area contributed by atoms with Crippen molar-refractivity contribution in [2.75, 3.05) is 0 Å². The summed E-state index contributed by atoms with van der Waals surface area (Å²) in [6.45, 7) is 18.9. The van der Waals surface area contributed by atoms with Crippen LogP contribution < -0.4 is 0 Å². The SMILES string of the molecule is CC(C)(C)c1ccc(-c2cccc3[cH-]c(C4CCCCC4)cc23)cc1.CCc1cc2c(-c3ccc(C(C)(C)C)cc3)cccc2[cH-]1.Cl.Cl.[CH3-].[CH3-].[Si]=[Zr]. The van der Waals surface area contributed by atoms with E-state index in [0.29, 0.717) is 0 Å². The molecule has 0 unspecified atom stereocenters. The fraction of sp³-hybridized carbons (Fsp3) is 0.333. The van der Waals surface area contributed by atoms with E-state index in [1.165, 1.54) is 116 Å². The minimum absolute atomic E-state index is 0. The van der Waals surface area contributed by atoms with E-state index in [1.54, 1.807) is 5.56 Å². The van der Waals surface area contributed by atoms with Crippen molar-refractivity contribution in [3.63, 3.8) is 0 Å². The molecule has 6 aromatic carbocycles. The number of halogens is 2. The van der Waals surface area contributed by atoms with Crippen molar-refractivity contribution in [3.05, 3.63) is 146 Å². The van der Waals surface area contributed by atoms with Gasteiger partial charge in [0.1, 0.15) is 0 Å². The van der Waals surface area contributed by atoms with Crippen molar-refractivity contribution in [2.24, 2.45) is 0 Å². The molecule has 1 aliphatic carbocycles. The van der Waals surface area contributed by atoms with Crippen molar-refractivity contribution in [2.45, 2.75) is 104 Å². The zero-order chi connectivity index (χ0) is 34.5. The van der Waals surface area contributed by atoms with Gasteiger partial charge in [-0.2, -0.15) is 12.1 Å². The predicted octanol–water partition coefficient (Wildman–Crippen LogP) is 15.0. The Hall–Kier alpha value is -2.22. The van der Waals surface area contributed by atoms with Gasteiger partial charge in [0, 0.05) is 0 Å². The van der Waals surface area contributed by atoms with Crippen LogP contribution >= 0.6 is 24.8 Å². The molecule has 52 heavy (non-hydrogen) atoms. The molecule has 0 amide bonds. The Bertz CT molecular complexity index is 1930. The van der Waals surface area contributed by atoms with E-state index in [9.17, 15) is 0 Å². The number of hydrogen-bond acceptors (Lipinski definition) is 0. The van der Waals surface area contributed by atoms with Crippen LogP contribution in [0.4, 0.5) is 0 Å². The summed E-state index contributed by atoms with van der Waals surface area (Å²) in [6, 6.07) is 41.1. The summed E-state index contributed by atoms with van der Waals surface area (Å²) in [6.07, 6.45) is 8.04. The third-order valence-corrected chi connectivity index (χ3v) is 10.2. The van der Waals surface area contributed by atoms with Gasteiger partial charge in [-0.25, -0.2) is 0 Å². The molecule has 0 spiro atoms. The number of benzene rings is 4. The number of hydrogen-bond donors (Lipinski definition) is 0. The Kier molecular flexibility index (Phi) is 19.3. The molecule has 0 N–H and O–H groups in total. The van der Waals surface area contributed by atoms with Crippen LogP contribution in [0.25, 0.3) is 43.8 Å². The van der Waals surface area contributed by atoms with Gasteiger partial charge >= 0.3 is 30.2 Å². The first kappa shape index (κ1) is 47.8. The van der Waals surface area contributed by atoms with Gasteiger partial charge in [0.25, 0.3) is 0 Å². The van der Waals surface area contributed by atoms with E-state index in [0.717, 1.165) is 12.3 Å². The average molecular weight is 827 g/mol. The fourth-order valence-corrected chi connectivity index (χ4v) is 7.23. The molecule has 0 nitrogen and oxygen atoms in total. The average Bonchev–Trinajstić information content (AvgIpc) is 3.74. The monoisotopic (exact) mass is 824 g/mol. The summed E-state index contributed by atoms with van der Waals surface area (Å²) >= 11 is 1.36. The van der Waals surface area contributed by atoms with E-state index in [-0.39, 0.29) is 50.5 Å². The van der Waals surface area contributed by atoms with Gasteiger partial charge in [0.15, 0.2) is 0 Å². The van der Waals surface area contributed by atoms with E-state index in [2.05, 4.69) is 165 Å². The third kappa shape index (κ3) is 11.4. The molecular weight excluding hydrogens is 767 g/mol. The molecule has 7 rings (SSSR count). The van der Waals surface area contributed by atoms with Crippen molar-refractivity contribution < 1.29 is 23.3 Å². The van der Waals surface area contributed by atoms with Crippen molar-refractivity contribution in [1.82, 2.24) is 0 Å². The molecule has 0 aliphatic heterocycles. The topological polar surface area (TPSA) is 0 Å². The van der Waals surface area contributed by atoms with Crippen LogP contribution in [0.3, 0.4) is 0 Å². The molecule has 278 valence electrons. The Morgan fingerprint density at radius 3 is 1.44 bits per heavy atom. The second kappa shape index (κ2) is 21.0. The van der Waals surface area contributed by atoms with Crippen molar-refractivity contribution in [3.8, 4) is 22.3 Å². The summed E-state index contributed by atoms with van der Waals surface area (Å²) in [5.74, 6) is 0.775. The van der Waals surface area contributed by atoms with Crippen LogP contribution in [0.1, 0.15) is 109 Å². The van der Waals surface area contributed by atoms with Crippen LogP contribution in [0.5, 0.6) is 0 Å². The first-order chi connectivity index (χ1) is 23.0. The maximum absolute atomic E-state index is 3.06. The number of fused-ring (bicyclic) bond motifs is 2. The minimum atomic E-state index is 0. The Labute approximate surface area is 346 Å².